The van der Waals surface area contributed by atoms with E-state index in [2.05, 4.69) is 10.6 Å². The van der Waals surface area contributed by atoms with Gasteiger partial charge >= 0.3 is 12.1 Å². The third kappa shape index (κ3) is 6.37. The molecule has 1 aliphatic rings. The van der Waals surface area contributed by atoms with Crippen molar-refractivity contribution in [2.45, 2.75) is 43.9 Å². The van der Waals surface area contributed by atoms with Crippen molar-refractivity contribution in [3.8, 4) is 11.1 Å². The molecule has 2 unspecified atom stereocenters. The number of methoxy groups -OCH3 is 2. The fourth-order valence-corrected chi connectivity index (χ4v) is 4.18. The first-order chi connectivity index (χ1) is 16.7. The van der Waals surface area contributed by atoms with E-state index in [0.717, 1.165) is 22.3 Å². The molecule has 0 heterocycles. The van der Waals surface area contributed by atoms with E-state index in [1.54, 1.807) is 13.8 Å². The number of alkyl carbamates (subject to hydrolysis) is 1. The number of benzene rings is 2. The van der Waals surface area contributed by atoms with E-state index in [9.17, 15) is 19.5 Å². The van der Waals surface area contributed by atoms with Crippen LogP contribution < -0.4 is 10.6 Å². The Labute approximate surface area is 204 Å². The molecule has 2 aromatic rings. The molecule has 9 heteroatoms. The number of carboxylic acid groups (broad SMARTS) is 1. The van der Waals surface area contributed by atoms with Crippen molar-refractivity contribution in [1.82, 2.24) is 10.6 Å². The van der Waals surface area contributed by atoms with Crippen LogP contribution in [-0.2, 0) is 23.8 Å². The molecular weight excluding hydrogens is 452 g/mol. The summed E-state index contributed by atoms with van der Waals surface area (Å²) in [4.78, 5) is 37.1. The molecule has 0 aliphatic heterocycles. The number of aliphatic carboxylic acids is 1. The van der Waals surface area contributed by atoms with Crippen molar-refractivity contribution < 1.29 is 33.7 Å². The second kappa shape index (κ2) is 11.3. The predicted molar refractivity (Wildman–Crippen MR) is 129 cm³/mol. The van der Waals surface area contributed by atoms with E-state index in [4.69, 9.17) is 14.2 Å². The first-order valence-corrected chi connectivity index (χ1v) is 11.4. The molecule has 1 aliphatic carbocycles. The van der Waals surface area contributed by atoms with Crippen LogP contribution in [0.4, 0.5) is 4.79 Å². The van der Waals surface area contributed by atoms with Gasteiger partial charge in [0.1, 0.15) is 18.7 Å². The molecule has 2 atom stereocenters. The van der Waals surface area contributed by atoms with E-state index < -0.39 is 35.7 Å². The van der Waals surface area contributed by atoms with Crippen molar-refractivity contribution in [2.75, 3.05) is 27.4 Å². The number of amides is 2. The van der Waals surface area contributed by atoms with Gasteiger partial charge < -0.3 is 30.0 Å². The van der Waals surface area contributed by atoms with Crippen LogP contribution in [0.5, 0.6) is 0 Å². The Hall–Kier alpha value is -3.43. The molecule has 0 aromatic heterocycles. The highest BCUT2D eigenvalue weighted by Crippen LogP contribution is 2.44. The minimum Gasteiger partial charge on any atom is -0.480 e. The Morgan fingerprint density at radius 2 is 1.51 bits per heavy atom. The molecule has 2 aromatic carbocycles. The SMILES string of the molecule is COCC(NC(=O)OCC1c2ccccc2-c2ccccc21)C(=O)NC(CC(C)(C)OC)C(=O)O. The summed E-state index contributed by atoms with van der Waals surface area (Å²) in [6.45, 7) is 3.37. The summed E-state index contributed by atoms with van der Waals surface area (Å²) < 4.78 is 15.8. The zero-order valence-electron chi connectivity index (χ0n) is 20.4. The van der Waals surface area contributed by atoms with Gasteiger partial charge in [-0.3, -0.25) is 4.79 Å². The maximum absolute atomic E-state index is 12.8. The lowest BCUT2D eigenvalue weighted by atomic mass is 9.98. The number of hydrogen-bond acceptors (Lipinski definition) is 6. The molecule has 0 fully saturated rings. The molecule has 3 rings (SSSR count). The number of carboxylic acids is 1. The Morgan fingerprint density at radius 3 is 2.03 bits per heavy atom. The van der Waals surface area contributed by atoms with Crippen LogP contribution in [0.25, 0.3) is 11.1 Å². The van der Waals surface area contributed by atoms with Gasteiger partial charge in [0, 0.05) is 26.6 Å². The first kappa shape index (κ1) is 26.2. The summed E-state index contributed by atoms with van der Waals surface area (Å²) >= 11 is 0. The molecule has 2 amide bonds. The Morgan fingerprint density at radius 1 is 0.943 bits per heavy atom. The molecule has 0 saturated heterocycles. The average Bonchev–Trinajstić information content (AvgIpc) is 3.15. The fourth-order valence-electron chi connectivity index (χ4n) is 4.18. The van der Waals surface area contributed by atoms with Crippen LogP contribution in [0, 0.1) is 0 Å². The van der Waals surface area contributed by atoms with Crippen LogP contribution in [0.2, 0.25) is 0 Å². The van der Waals surface area contributed by atoms with Gasteiger partial charge in [-0.05, 0) is 36.1 Å². The molecule has 3 N–H and O–H groups in total. The number of rotatable bonds is 11. The van der Waals surface area contributed by atoms with Crippen LogP contribution in [0.15, 0.2) is 48.5 Å². The monoisotopic (exact) mass is 484 g/mol. The minimum atomic E-state index is -1.21. The van der Waals surface area contributed by atoms with Gasteiger partial charge in [0.05, 0.1) is 12.2 Å². The van der Waals surface area contributed by atoms with Crippen LogP contribution in [0.3, 0.4) is 0 Å². The largest absolute Gasteiger partial charge is 0.480 e. The number of carbonyl (C=O) groups is 3. The quantitative estimate of drug-likeness (QED) is 0.448. The topological polar surface area (TPSA) is 123 Å². The summed E-state index contributed by atoms with van der Waals surface area (Å²) in [5, 5.41) is 14.5. The van der Waals surface area contributed by atoms with Crippen molar-refractivity contribution >= 4 is 18.0 Å². The highest BCUT2D eigenvalue weighted by molar-refractivity contribution is 5.89. The van der Waals surface area contributed by atoms with Gasteiger partial charge in [-0.15, -0.1) is 0 Å². The maximum Gasteiger partial charge on any atom is 0.407 e. The third-order valence-corrected chi connectivity index (χ3v) is 6.15. The molecule has 0 spiro atoms. The predicted octanol–water partition coefficient (Wildman–Crippen LogP) is 2.92. The Kier molecular flexibility index (Phi) is 8.48. The average molecular weight is 485 g/mol. The highest BCUT2D eigenvalue weighted by atomic mass is 16.5. The van der Waals surface area contributed by atoms with Gasteiger partial charge in [0.15, 0.2) is 0 Å². The van der Waals surface area contributed by atoms with Crippen molar-refractivity contribution in [3.05, 3.63) is 59.7 Å². The van der Waals surface area contributed by atoms with Crippen LogP contribution >= 0.6 is 0 Å². The first-order valence-electron chi connectivity index (χ1n) is 11.4. The van der Waals surface area contributed by atoms with Crippen molar-refractivity contribution in [3.63, 3.8) is 0 Å². The second-order valence-electron chi connectivity index (χ2n) is 9.05. The molecular formula is C26H32N2O7. The third-order valence-electron chi connectivity index (χ3n) is 6.15. The highest BCUT2D eigenvalue weighted by Gasteiger charge is 2.33. The van der Waals surface area contributed by atoms with Gasteiger partial charge in [0.2, 0.25) is 5.91 Å². The van der Waals surface area contributed by atoms with Crippen LogP contribution in [-0.4, -0.2) is 68.2 Å². The molecule has 0 saturated carbocycles. The van der Waals surface area contributed by atoms with Crippen molar-refractivity contribution in [2.24, 2.45) is 0 Å². The van der Waals surface area contributed by atoms with Crippen molar-refractivity contribution in [1.29, 1.82) is 0 Å². The standard InChI is InChI=1S/C26H32N2O7/c1-26(2,34-4)13-21(24(30)31)27-23(29)22(15-33-3)28-25(32)35-14-20-18-11-7-5-9-16(18)17-10-6-8-12-19(17)20/h5-12,20-22H,13-15H2,1-4H3,(H,27,29)(H,28,32)(H,30,31). The van der Waals surface area contributed by atoms with Gasteiger partial charge in [-0.1, -0.05) is 48.5 Å². The van der Waals surface area contributed by atoms with Gasteiger partial charge in [-0.2, -0.15) is 0 Å². The van der Waals surface area contributed by atoms with E-state index in [0.29, 0.717) is 0 Å². The molecule has 0 radical (unpaired) electrons. The van der Waals surface area contributed by atoms with E-state index in [1.807, 2.05) is 48.5 Å². The molecule has 0 bridgehead atoms. The number of carbonyl (C=O) groups excluding carboxylic acids is 2. The Balaban J connectivity index is 1.64. The minimum absolute atomic E-state index is 0.0369. The normalized spacial score (nSPS) is 14.4. The van der Waals surface area contributed by atoms with E-state index >= 15 is 0 Å². The zero-order valence-corrected chi connectivity index (χ0v) is 20.4. The number of ether oxygens (including phenoxy) is 3. The molecule has 9 nitrogen and oxygen atoms in total. The number of nitrogens with one attached hydrogen (secondary N) is 2. The van der Waals surface area contributed by atoms with E-state index in [1.165, 1.54) is 14.2 Å². The summed E-state index contributed by atoms with van der Waals surface area (Å²) in [6, 6.07) is 13.6. The van der Waals surface area contributed by atoms with E-state index in [-0.39, 0.29) is 25.6 Å². The van der Waals surface area contributed by atoms with Gasteiger partial charge in [0.25, 0.3) is 0 Å². The lowest BCUT2D eigenvalue weighted by Crippen LogP contribution is -2.54. The maximum atomic E-state index is 12.8. The summed E-state index contributed by atoms with van der Waals surface area (Å²) in [6.07, 6.45) is -0.761. The zero-order chi connectivity index (χ0) is 25.6. The van der Waals surface area contributed by atoms with Gasteiger partial charge in [-0.25, -0.2) is 9.59 Å². The second-order valence-corrected chi connectivity index (χ2v) is 9.05. The lowest BCUT2D eigenvalue weighted by Gasteiger charge is -2.28. The molecule has 188 valence electrons. The molecule has 35 heavy (non-hydrogen) atoms. The lowest BCUT2D eigenvalue weighted by molar-refractivity contribution is -0.144. The smallest absolute Gasteiger partial charge is 0.407 e. The summed E-state index contributed by atoms with van der Waals surface area (Å²) in [5.74, 6) is -2.03. The fraction of sp³-hybridized carbons (Fsp3) is 0.423. The summed E-state index contributed by atoms with van der Waals surface area (Å²) in [7, 11) is 2.84. The summed E-state index contributed by atoms with van der Waals surface area (Å²) in [5.41, 5.74) is 3.57. The number of hydrogen-bond donors (Lipinski definition) is 3. The van der Waals surface area contributed by atoms with Crippen LogP contribution in [0.1, 0.15) is 37.3 Å². The number of fused-ring (bicyclic) bond motifs is 3. The Bertz CT molecular complexity index is 1020.